The molecule has 14 aromatic rings. The second kappa shape index (κ2) is 57.7. The number of terminal acetylenes is 4. The van der Waals surface area contributed by atoms with Crippen LogP contribution < -0.4 is 47.4 Å². The topological polar surface area (TPSA) is 270 Å². The SMILES string of the molecule is C#Cc1ccc(OC(=O)c2ccc(OC(=O)c3ccc(CCC)cc3)cc2)cc1F.C#Cc1ccc(OC(=O)c2ccc(OC(=O)c3ccc(CCC)cc3)cc2F)cc1F.C#Cc1ccc(OC(=O)c2ccc(OC(=O)c3ccc(CCCCC)cc3)cc2F)cc1F.C#Cc1ccc(OC(=O)c2ccc(OCCCC)cc2F)cc1F.CCCCCc1ccc(C(=O)Oc2ccc(C(=O)Oc3ccc(C#N)c(F)c3)cc2)cc1. The number of halogens is 8. The van der Waals surface area contributed by atoms with Crippen LogP contribution in [0.25, 0.3) is 0 Å². The number of hydrogen-bond donors (Lipinski definition) is 0. The zero-order valence-electron chi connectivity index (χ0n) is 81.9. The normalized spacial score (nSPS) is 10.2. The van der Waals surface area contributed by atoms with Crippen molar-refractivity contribution in [1.82, 2.24) is 0 Å². The summed E-state index contributed by atoms with van der Waals surface area (Å²) in [7, 11) is 0. The minimum atomic E-state index is -1.03. The molecule has 14 rings (SSSR count). The van der Waals surface area contributed by atoms with E-state index in [-0.39, 0.29) is 90.5 Å². The van der Waals surface area contributed by atoms with E-state index < -0.39 is 111 Å². The summed E-state index contributed by atoms with van der Waals surface area (Å²) in [6.45, 7) is 10.9. The summed E-state index contributed by atoms with van der Waals surface area (Å²) < 4.78 is 163. The highest BCUT2D eigenvalue weighted by atomic mass is 19.2. The molecule has 0 saturated carbocycles. The zero-order chi connectivity index (χ0) is 108. The molecule has 14 aromatic carbocycles. The third-order valence-electron chi connectivity index (χ3n) is 21.7. The lowest BCUT2D eigenvalue weighted by Gasteiger charge is -2.09. The van der Waals surface area contributed by atoms with E-state index in [2.05, 4.69) is 51.4 Å². The average molecular weight is 2030 g/mol. The highest BCUT2D eigenvalue weighted by Crippen LogP contribution is 2.30. The van der Waals surface area contributed by atoms with Crippen molar-refractivity contribution in [1.29, 1.82) is 5.26 Å². The van der Waals surface area contributed by atoms with E-state index in [9.17, 15) is 78.3 Å². The number of hydrogen-bond acceptors (Lipinski definition) is 20. The van der Waals surface area contributed by atoms with Gasteiger partial charge in [0.05, 0.1) is 84.5 Å². The predicted octanol–water partition coefficient (Wildman–Crippen LogP) is 26.9. The largest absolute Gasteiger partial charge is 0.493 e. The average Bonchev–Trinajstić information content (AvgIpc) is 0.832. The number of esters is 9. The Bertz CT molecular complexity index is 7380. The summed E-state index contributed by atoms with van der Waals surface area (Å²) in [5.41, 5.74) is 5.48. The maximum absolute atomic E-state index is 14.5. The summed E-state index contributed by atoms with van der Waals surface area (Å²) in [4.78, 5) is 110. The van der Waals surface area contributed by atoms with Crippen LogP contribution in [0.15, 0.2) is 291 Å². The number of unbranched alkanes of at least 4 members (excludes halogenated alkanes) is 5. The molecule has 28 heteroatoms. The van der Waals surface area contributed by atoms with E-state index in [1.165, 1.54) is 145 Å². The lowest BCUT2D eigenvalue weighted by molar-refractivity contribution is 0.0714. The highest BCUT2D eigenvalue weighted by Gasteiger charge is 2.24. The summed E-state index contributed by atoms with van der Waals surface area (Å²) in [6.07, 6.45) is 35.0. The van der Waals surface area contributed by atoms with Gasteiger partial charge >= 0.3 is 53.7 Å². The Hall–Kier alpha value is -18.7. The van der Waals surface area contributed by atoms with Gasteiger partial charge in [-0.1, -0.05) is 152 Å². The van der Waals surface area contributed by atoms with Gasteiger partial charge in [-0.05, 0) is 261 Å². The van der Waals surface area contributed by atoms with Crippen molar-refractivity contribution in [2.75, 3.05) is 6.61 Å². The second-order valence-corrected chi connectivity index (χ2v) is 32.8. The molecule has 0 aliphatic rings. The first-order chi connectivity index (χ1) is 72.3. The summed E-state index contributed by atoms with van der Waals surface area (Å²) in [5.74, 6) is -3.76. The molecule has 760 valence electrons. The van der Waals surface area contributed by atoms with E-state index in [1.807, 2.05) is 55.5 Å². The molecule has 0 radical (unpaired) electrons. The molecule has 0 fully saturated rings. The first-order valence-corrected chi connectivity index (χ1v) is 47.2. The molecular formula is C122H97F8NO19. The van der Waals surface area contributed by atoms with E-state index >= 15 is 0 Å². The Balaban J connectivity index is 0.000000192. The molecule has 0 aliphatic carbocycles. The molecule has 0 spiro atoms. The number of nitriles is 1. The van der Waals surface area contributed by atoms with Gasteiger partial charge < -0.3 is 47.4 Å². The minimum Gasteiger partial charge on any atom is -0.493 e. The summed E-state index contributed by atoms with van der Waals surface area (Å²) >= 11 is 0. The number of benzene rings is 14. The fourth-order valence-corrected chi connectivity index (χ4v) is 13.7. The first-order valence-electron chi connectivity index (χ1n) is 47.2. The van der Waals surface area contributed by atoms with Gasteiger partial charge in [0.2, 0.25) is 0 Å². The van der Waals surface area contributed by atoms with Crippen LogP contribution in [0.2, 0.25) is 0 Å². The molecule has 0 atom stereocenters. The molecule has 150 heavy (non-hydrogen) atoms. The van der Waals surface area contributed by atoms with Crippen LogP contribution in [0.5, 0.6) is 57.5 Å². The van der Waals surface area contributed by atoms with Gasteiger partial charge in [0.15, 0.2) is 0 Å². The maximum atomic E-state index is 14.5. The Morgan fingerprint density at radius 3 is 0.647 bits per heavy atom. The van der Waals surface area contributed by atoms with Crippen molar-refractivity contribution in [3.8, 4) is 113 Å². The van der Waals surface area contributed by atoms with Gasteiger partial charge in [0.1, 0.15) is 110 Å². The maximum Gasteiger partial charge on any atom is 0.346 e. The number of ether oxygens (including phenoxy) is 10. The molecule has 0 unspecified atom stereocenters. The number of aryl methyl sites for hydroxylation is 4. The minimum absolute atomic E-state index is 0.0113. The van der Waals surface area contributed by atoms with Crippen molar-refractivity contribution in [3.05, 3.63) is 438 Å². The van der Waals surface area contributed by atoms with Crippen molar-refractivity contribution in [3.63, 3.8) is 0 Å². The van der Waals surface area contributed by atoms with Gasteiger partial charge in [-0.15, -0.1) is 25.7 Å². The van der Waals surface area contributed by atoms with Crippen molar-refractivity contribution in [2.45, 2.75) is 125 Å². The predicted molar refractivity (Wildman–Crippen MR) is 546 cm³/mol. The number of rotatable bonds is 34. The number of carbonyl (C=O) groups is 9. The monoisotopic (exact) mass is 2030 g/mol. The smallest absolute Gasteiger partial charge is 0.346 e. The zero-order valence-corrected chi connectivity index (χ0v) is 81.9. The molecular weight excluding hydrogens is 1940 g/mol. The van der Waals surface area contributed by atoms with Crippen molar-refractivity contribution >= 4 is 53.7 Å². The third kappa shape index (κ3) is 34.5. The molecule has 0 aliphatic heterocycles. The van der Waals surface area contributed by atoms with Crippen LogP contribution in [0.1, 0.15) is 242 Å². The van der Waals surface area contributed by atoms with Gasteiger partial charge in [0, 0.05) is 48.5 Å². The van der Waals surface area contributed by atoms with E-state index in [1.54, 1.807) is 54.6 Å². The molecule has 0 aromatic heterocycles. The molecule has 0 amide bonds. The third-order valence-corrected chi connectivity index (χ3v) is 21.7. The Morgan fingerprint density at radius 1 is 0.220 bits per heavy atom. The number of nitrogens with zero attached hydrogens (tertiary/aromatic N) is 1. The Kier molecular flexibility index (Phi) is 43.5. The highest BCUT2D eigenvalue weighted by molar-refractivity contribution is 5.97. The van der Waals surface area contributed by atoms with Crippen molar-refractivity contribution in [2.24, 2.45) is 0 Å². The first kappa shape index (κ1) is 113. The fraction of sp³-hybridized carbons (Fsp3) is 0.164. The van der Waals surface area contributed by atoms with Crippen LogP contribution in [0.3, 0.4) is 0 Å². The van der Waals surface area contributed by atoms with Crippen LogP contribution in [-0.4, -0.2) is 60.3 Å². The second-order valence-electron chi connectivity index (χ2n) is 32.8. The molecule has 0 heterocycles. The van der Waals surface area contributed by atoms with Gasteiger partial charge in [-0.25, -0.2) is 78.3 Å². The van der Waals surface area contributed by atoms with Crippen LogP contribution in [0.4, 0.5) is 35.1 Å². The molecule has 0 saturated heterocycles. The Labute approximate surface area is 861 Å². The quantitative estimate of drug-likeness (QED) is 0.0119. The van der Waals surface area contributed by atoms with E-state index in [4.69, 9.17) is 78.3 Å². The molecule has 0 N–H and O–H groups in total. The fourth-order valence-electron chi connectivity index (χ4n) is 13.7. The molecule has 0 bridgehead atoms. The molecule has 20 nitrogen and oxygen atoms in total. The van der Waals surface area contributed by atoms with E-state index in [0.717, 1.165) is 161 Å². The van der Waals surface area contributed by atoms with Gasteiger partial charge in [-0.3, -0.25) is 0 Å². The summed E-state index contributed by atoms with van der Waals surface area (Å²) in [6, 6.07) is 70.5. The van der Waals surface area contributed by atoms with E-state index in [0.29, 0.717) is 40.4 Å². The lowest BCUT2D eigenvalue weighted by atomic mass is 10.1. The Morgan fingerprint density at radius 2 is 0.420 bits per heavy atom. The van der Waals surface area contributed by atoms with Crippen LogP contribution >= 0.6 is 0 Å². The van der Waals surface area contributed by atoms with Crippen LogP contribution in [0, 0.1) is 107 Å². The number of carbonyl (C=O) groups excluding carboxylic acids is 9. The van der Waals surface area contributed by atoms with Crippen molar-refractivity contribution < 1.29 is 126 Å². The standard InChI is InChI=1S/C27H22F2O4.C26H22FNO4.C25H18F2O4.C25H19FO4.C19H16F2O3/c1-3-5-6-7-18-8-10-20(11-9-18)26(30)32-22-14-15-23(25(29)17-22)27(31)33-21-13-12-19(4-2)24(28)16-21;1-2-3-4-5-18-6-8-19(9-7-18)25(29)31-22-13-10-20(11-14-22)26(30)32-23-15-12-21(17-28)24(27)16-23;1-3-5-16-6-8-18(9-7-16)24(28)30-20-12-13-21(23(27)15-20)25(29)31-19-11-10-17(4-2)22(26)14-19;1-3-5-17-6-8-19(9-7-17)24(27)29-21-13-11-20(12-14-21)25(28)30-22-15-10-18(4-2)23(26)16-22;1-3-5-10-23-14-8-9-16(18(21)11-14)19(22)24-15-7-6-13(4-2)17(20)12-15/h2,8-17H,3,5-7H2,1H3;6-16H,2-5H2,1H3;2,6-15H,3,5H2,1H3;2,6-16H,3,5H2,1H3;2,6-9,11-12H,3,5,10H2,1H3. The van der Waals surface area contributed by atoms with Gasteiger partial charge in [0.25, 0.3) is 0 Å². The lowest BCUT2D eigenvalue weighted by Crippen LogP contribution is -2.12. The summed E-state index contributed by atoms with van der Waals surface area (Å²) in [5, 5.41) is 8.75. The van der Waals surface area contributed by atoms with Gasteiger partial charge in [-0.2, -0.15) is 5.26 Å². The van der Waals surface area contributed by atoms with Crippen LogP contribution in [-0.2, 0) is 25.7 Å².